The molecule has 122 valence electrons. The summed E-state index contributed by atoms with van der Waals surface area (Å²) in [6, 6.07) is 1.85. The Balaban J connectivity index is 1.90. The number of aliphatic hydroxyl groups excluding tert-OH is 1. The van der Waals surface area contributed by atoms with E-state index in [1.807, 2.05) is 6.07 Å². The molecule has 3 aliphatic rings. The molecule has 3 saturated heterocycles. The first-order chi connectivity index (χ1) is 10.1. The smallest absolute Gasteiger partial charge is 0.190 e. The van der Waals surface area contributed by atoms with Gasteiger partial charge in [-0.3, -0.25) is 0 Å². The van der Waals surface area contributed by atoms with Crippen LogP contribution < -0.4 is 0 Å². The molecule has 7 heteroatoms. The maximum absolute atomic E-state index is 10.3. The fraction of sp³-hybridized carbons (Fsp3) is 0.800. The first kappa shape index (κ1) is 15.9. The molecule has 0 aromatic heterocycles. The minimum absolute atomic E-state index is 0.00804. The lowest BCUT2D eigenvalue weighted by Crippen LogP contribution is -2.58. The summed E-state index contributed by atoms with van der Waals surface area (Å²) in [6.07, 6.45) is -4.18. The summed E-state index contributed by atoms with van der Waals surface area (Å²) in [7, 11) is 0. The molecule has 0 radical (unpaired) electrons. The summed E-state index contributed by atoms with van der Waals surface area (Å²) in [4.78, 5) is 0. The van der Waals surface area contributed by atoms with Gasteiger partial charge in [0.05, 0.1) is 11.6 Å². The van der Waals surface area contributed by atoms with Gasteiger partial charge in [-0.15, -0.1) is 0 Å². The van der Waals surface area contributed by atoms with Gasteiger partial charge in [-0.1, -0.05) is 6.58 Å². The van der Waals surface area contributed by atoms with Gasteiger partial charge in [-0.2, -0.15) is 5.26 Å². The summed E-state index contributed by atoms with van der Waals surface area (Å²) in [5.74, 6) is -1.66. The van der Waals surface area contributed by atoms with Crippen LogP contribution in [0.3, 0.4) is 0 Å². The second kappa shape index (κ2) is 4.99. The maximum atomic E-state index is 10.3. The third-order valence-electron chi connectivity index (χ3n) is 4.00. The van der Waals surface area contributed by atoms with Crippen LogP contribution in [0.4, 0.5) is 0 Å². The highest BCUT2D eigenvalue weighted by Gasteiger charge is 2.61. The molecule has 3 aliphatic heterocycles. The van der Waals surface area contributed by atoms with E-state index in [0.29, 0.717) is 0 Å². The first-order valence-corrected chi connectivity index (χ1v) is 7.27. The van der Waals surface area contributed by atoms with E-state index in [9.17, 15) is 5.11 Å². The fourth-order valence-electron chi connectivity index (χ4n) is 3.16. The average molecular weight is 311 g/mol. The number of hydrogen-bond acceptors (Lipinski definition) is 7. The Hall–Kier alpha value is -1.01. The Morgan fingerprint density at radius 2 is 1.59 bits per heavy atom. The van der Waals surface area contributed by atoms with Crippen molar-refractivity contribution in [3.05, 3.63) is 12.2 Å². The lowest BCUT2D eigenvalue weighted by molar-refractivity contribution is -0.248. The van der Waals surface area contributed by atoms with Crippen LogP contribution in [-0.2, 0) is 23.7 Å². The molecule has 1 N–H and O–H groups in total. The van der Waals surface area contributed by atoms with Crippen LogP contribution in [0.25, 0.3) is 0 Å². The molecule has 22 heavy (non-hydrogen) atoms. The zero-order valence-corrected chi connectivity index (χ0v) is 13.1. The highest BCUT2D eigenvalue weighted by Crippen LogP contribution is 2.45. The van der Waals surface area contributed by atoms with Crippen molar-refractivity contribution < 1.29 is 28.8 Å². The first-order valence-electron chi connectivity index (χ1n) is 7.27. The molecule has 0 aliphatic carbocycles. The second-order valence-corrected chi connectivity index (χ2v) is 6.72. The largest absolute Gasteiger partial charge is 0.385 e. The normalized spacial score (nSPS) is 43.0. The molecule has 0 bridgehead atoms. The van der Waals surface area contributed by atoms with Crippen LogP contribution in [0.2, 0.25) is 0 Å². The van der Waals surface area contributed by atoms with E-state index in [2.05, 4.69) is 6.58 Å². The van der Waals surface area contributed by atoms with Crippen molar-refractivity contribution in [3.63, 3.8) is 0 Å². The zero-order valence-electron chi connectivity index (χ0n) is 13.1. The fourth-order valence-corrected chi connectivity index (χ4v) is 3.16. The molecule has 0 aromatic rings. The van der Waals surface area contributed by atoms with Crippen LogP contribution in [0.15, 0.2) is 12.2 Å². The Morgan fingerprint density at radius 3 is 2.23 bits per heavy atom. The van der Waals surface area contributed by atoms with E-state index in [1.165, 1.54) is 0 Å². The molecule has 3 fully saturated rings. The Kier molecular flexibility index (Phi) is 3.60. The van der Waals surface area contributed by atoms with Crippen molar-refractivity contribution in [2.24, 2.45) is 0 Å². The van der Waals surface area contributed by atoms with E-state index in [0.717, 1.165) is 0 Å². The summed E-state index contributed by atoms with van der Waals surface area (Å²) in [6.45, 7) is 10.7. The van der Waals surface area contributed by atoms with Gasteiger partial charge in [-0.05, 0) is 27.7 Å². The predicted molar refractivity (Wildman–Crippen MR) is 73.3 cm³/mol. The summed E-state index contributed by atoms with van der Waals surface area (Å²) in [5, 5.41) is 19.3. The van der Waals surface area contributed by atoms with Crippen molar-refractivity contribution in [1.29, 1.82) is 5.26 Å². The Labute approximate surface area is 129 Å². The Morgan fingerprint density at radius 1 is 1.05 bits per heavy atom. The molecular formula is C15H21NO6. The molecule has 0 aromatic carbocycles. The van der Waals surface area contributed by atoms with Gasteiger partial charge < -0.3 is 28.8 Å². The third-order valence-corrected chi connectivity index (χ3v) is 4.00. The van der Waals surface area contributed by atoms with E-state index in [-0.39, 0.29) is 5.57 Å². The van der Waals surface area contributed by atoms with Crippen LogP contribution in [0, 0.1) is 11.3 Å². The molecular weight excluding hydrogens is 290 g/mol. The predicted octanol–water partition coefficient (Wildman–Crippen LogP) is 0.824. The summed E-state index contributed by atoms with van der Waals surface area (Å²) >= 11 is 0. The standard InChI is InChI=1S/C15H21NO6/c1-7(6-16)8(17)9-10-11(20-14(2,3)19-10)12-13(18-9)22-15(4,5)21-12/h8-13,17H,1H2,2-5H3/t8-,9+,10-,11-,12+,13+/m0/s1. The van der Waals surface area contributed by atoms with Gasteiger partial charge in [0, 0.05) is 0 Å². The summed E-state index contributed by atoms with van der Waals surface area (Å²) in [5.41, 5.74) is 0.00804. The van der Waals surface area contributed by atoms with Gasteiger partial charge in [0.2, 0.25) is 0 Å². The van der Waals surface area contributed by atoms with Crippen LogP contribution in [-0.4, -0.2) is 53.5 Å². The minimum Gasteiger partial charge on any atom is -0.385 e. The van der Waals surface area contributed by atoms with Crippen molar-refractivity contribution in [1.82, 2.24) is 0 Å². The Bertz CT molecular complexity index is 525. The summed E-state index contributed by atoms with van der Waals surface area (Å²) < 4.78 is 29.2. The number of nitriles is 1. The second-order valence-electron chi connectivity index (χ2n) is 6.72. The quantitative estimate of drug-likeness (QED) is 0.755. The van der Waals surface area contributed by atoms with Crippen LogP contribution >= 0.6 is 0 Å². The van der Waals surface area contributed by atoms with Crippen LogP contribution in [0.5, 0.6) is 0 Å². The molecule has 0 spiro atoms. The maximum Gasteiger partial charge on any atom is 0.190 e. The number of ether oxygens (including phenoxy) is 5. The highest BCUT2D eigenvalue weighted by molar-refractivity contribution is 5.24. The lowest BCUT2D eigenvalue weighted by Gasteiger charge is -2.39. The third kappa shape index (κ3) is 2.56. The number of nitrogens with zero attached hydrogens (tertiary/aromatic N) is 1. The topological polar surface area (TPSA) is 90.2 Å². The molecule has 0 amide bonds. The van der Waals surface area contributed by atoms with E-state index < -0.39 is 48.4 Å². The zero-order chi connectivity index (χ0) is 16.3. The molecule has 6 atom stereocenters. The molecule has 3 rings (SSSR count). The van der Waals surface area contributed by atoms with Gasteiger partial charge >= 0.3 is 0 Å². The number of rotatable bonds is 2. The van der Waals surface area contributed by atoms with Gasteiger partial charge in [0.25, 0.3) is 0 Å². The average Bonchev–Trinajstić information content (AvgIpc) is 2.90. The lowest BCUT2D eigenvalue weighted by atomic mass is 9.93. The number of hydrogen-bond donors (Lipinski definition) is 1. The van der Waals surface area contributed by atoms with Gasteiger partial charge in [0.15, 0.2) is 17.9 Å². The van der Waals surface area contributed by atoms with Gasteiger partial charge in [-0.25, -0.2) is 0 Å². The molecule has 0 saturated carbocycles. The molecule has 3 heterocycles. The minimum atomic E-state index is -1.19. The highest BCUT2D eigenvalue weighted by atomic mass is 16.9. The van der Waals surface area contributed by atoms with Gasteiger partial charge in [0.1, 0.15) is 30.5 Å². The van der Waals surface area contributed by atoms with E-state index >= 15 is 0 Å². The van der Waals surface area contributed by atoms with E-state index in [1.54, 1.807) is 27.7 Å². The monoisotopic (exact) mass is 311 g/mol. The molecule has 0 unspecified atom stereocenters. The van der Waals surface area contributed by atoms with Crippen molar-refractivity contribution in [3.8, 4) is 6.07 Å². The SMILES string of the molecule is C=C(C#N)[C@H](O)[C@H]1O[C@@H]2OC(C)(C)O[C@@H]2[C@H]2OC(C)(C)O[C@H]21. The van der Waals surface area contributed by atoms with Crippen LogP contribution in [0.1, 0.15) is 27.7 Å². The molecule has 7 nitrogen and oxygen atoms in total. The van der Waals surface area contributed by atoms with Crippen molar-refractivity contribution in [2.45, 2.75) is 76.1 Å². The van der Waals surface area contributed by atoms with Crippen molar-refractivity contribution >= 4 is 0 Å². The van der Waals surface area contributed by atoms with Crippen molar-refractivity contribution in [2.75, 3.05) is 0 Å². The number of aliphatic hydroxyl groups is 1. The number of fused-ring (bicyclic) bond motifs is 3. The van der Waals surface area contributed by atoms with E-state index in [4.69, 9.17) is 28.9 Å².